The molecule has 8 nitrogen and oxygen atoms in total. The van der Waals surface area contributed by atoms with Crippen LogP contribution in [0.4, 0.5) is 5.69 Å². The van der Waals surface area contributed by atoms with Crippen LogP contribution >= 0.6 is 11.8 Å². The van der Waals surface area contributed by atoms with Crippen LogP contribution in [0.25, 0.3) is 0 Å². The number of nitrogens with two attached hydrogens (primary N) is 1. The monoisotopic (exact) mass is 425 g/mol. The van der Waals surface area contributed by atoms with Crippen LogP contribution < -0.4 is 21.5 Å². The van der Waals surface area contributed by atoms with Gasteiger partial charge in [-0.05, 0) is 49.2 Å². The summed E-state index contributed by atoms with van der Waals surface area (Å²) in [4.78, 5) is 24.7. The minimum atomic E-state index is -0.444. The highest BCUT2D eigenvalue weighted by Gasteiger charge is 2.13. The first-order valence-electron chi connectivity index (χ1n) is 9.41. The molecule has 9 heteroatoms. The Labute approximate surface area is 178 Å². The van der Waals surface area contributed by atoms with Gasteiger partial charge in [0, 0.05) is 12.1 Å². The molecule has 2 aromatic carbocycles. The molecule has 30 heavy (non-hydrogen) atoms. The zero-order chi connectivity index (χ0) is 21.5. The number of hydrogen-bond acceptors (Lipinski definition) is 7. The molecule has 0 aliphatic rings. The lowest BCUT2D eigenvalue weighted by Gasteiger charge is -2.09. The van der Waals surface area contributed by atoms with Gasteiger partial charge in [0.1, 0.15) is 11.4 Å². The second-order valence-electron chi connectivity index (χ2n) is 6.56. The summed E-state index contributed by atoms with van der Waals surface area (Å²) in [7, 11) is 0. The molecule has 0 fully saturated rings. The number of aryl methyl sites for hydroxylation is 1. The van der Waals surface area contributed by atoms with E-state index in [1.54, 1.807) is 0 Å². The fourth-order valence-corrected chi connectivity index (χ4v) is 3.40. The summed E-state index contributed by atoms with van der Waals surface area (Å²) in [5.74, 6) is 6.48. The van der Waals surface area contributed by atoms with Crippen molar-refractivity contribution in [2.24, 2.45) is 0 Å². The van der Waals surface area contributed by atoms with Crippen LogP contribution in [0.2, 0.25) is 0 Å². The molecule has 0 aliphatic carbocycles. The summed E-state index contributed by atoms with van der Waals surface area (Å²) in [5.41, 5.74) is 2.44. The van der Waals surface area contributed by atoms with E-state index in [1.165, 1.54) is 0 Å². The average molecular weight is 426 g/mol. The van der Waals surface area contributed by atoms with Crippen molar-refractivity contribution in [2.75, 3.05) is 23.5 Å². The number of benzene rings is 2. The number of aromatic nitrogens is 3. The summed E-state index contributed by atoms with van der Waals surface area (Å²) in [6.07, 6.45) is 0.300. The standard InChI is InChI=1S/C21H23N5O3S/c1-3-29-17-9-7-15(8-10-17)12-18-20(28)26(22)21(25-24-18)30-13-19(27)23-16-6-4-5-14(2)11-16/h4-11H,3,12-13,22H2,1-2H3,(H,23,27). The van der Waals surface area contributed by atoms with Gasteiger partial charge in [-0.15, -0.1) is 10.2 Å². The number of nitrogens with zero attached hydrogens (tertiary/aromatic N) is 3. The van der Waals surface area contributed by atoms with E-state index < -0.39 is 5.56 Å². The van der Waals surface area contributed by atoms with Gasteiger partial charge in [0.25, 0.3) is 5.56 Å². The zero-order valence-corrected chi connectivity index (χ0v) is 17.6. The summed E-state index contributed by atoms with van der Waals surface area (Å²) < 4.78 is 6.34. The molecule has 1 aromatic heterocycles. The smallest absolute Gasteiger partial charge is 0.294 e. The molecule has 0 aliphatic heterocycles. The first-order chi connectivity index (χ1) is 14.5. The SMILES string of the molecule is CCOc1ccc(Cc2nnc(SCC(=O)Nc3cccc(C)c3)n(N)c2=O)cc1. The van der Waals surface area contributed by atoms with Crippen molar-refractivity contribution in [3.05, 3.63) is 75.7 Å². The van der Waals surface area contributed by atoms with Gasteiger partial charge in [0.2, 0.25) is 11.1 Å². The fraction of sp³-hybridized carbons (Fsp3) is 0.238. The van der Waals surface area contributed by atoms with E-state index >= 15 is 0 Å². The highest BCUT2D eigenvalue weighted by Crippen LogP contribution is 2.16. The Balaban J connectivity index is 1.62. The van der Waals surface area contributed by atoms with Crippen LogP contribution in [0.15, 0.2) is 58.5 Å². The van der Waals surface area contributed by atoms with Crippen LogP contribution in [0.3, 0.4) is 0 Å². The Bertz CT molecular complexity index is 1080. The van der Waals surface area contributed by atoms with Crippen LogP contribution in [0.5, 0.6) is 5.75 Å². The van der Waals surface area contributed by atoms with Crippen molar-refractivity contribution < 1.29 is 9.53 Å². The summed E-state index contributed by atoms with van der Waals surface area (Å²) in [6.45, 7) is 4.45. The van der Waals surface area contributed by atoms with Gasteiger partial charge in [-0.2, -0.15) is 4.68 Å². The molecule has 3 N–H and O–H groups in total. The summed E-state index contributed by atoms with van der Waals surface area (Å²) >= 11 is 1.05. The Hall–Kier alpha value is -3.33. The molecule has 0 bridgehead atoms. The third kappa shape index (κ3) is 5.60. The largest absolute Gasteiger partial charge is 0.494 e. The van der Waals surface area contributed by atoms with Crippen molar-refractivity contribution in [2.45, 2.75) is 25.4 Å². The van der Waals surface area contributed by atoms with Crippen LogP contribution in [-0.4, -0.2) is 33.1 Å². The van der Waals surface area contributed by atoms with Gasteiger partial charge in [0.15, 0.2) is 0 Å². The average Bonchev–Trinajstić information content (AvgIpc) is 2.72. The molecular formula is C21H23N5O3S. The quantitative estimate of drug-likeness (QED) is 0.421. The maximum Gasteiger partial charge on any atom is 0.294 e. The number of carbonyl (C=O) groups excluding carboxylic acids is 1. The lowest BCUT2D eigenvalue weighted by atomic mass is 10.1. The van der Waals surface area contributed by atoms with Gasteiger partial charge in [-0.3, -0.25) is 9.59 Å². The normalized spacial score (nSPS) is 10.6. The lowest BCUT2D eigenvalue weighted by Crippen LogP contribution is -2.34. The minimum Gasteiger partial charge on any atom is -0.494 e. The molecule has 156 valence electrons. The topological polar surface area (TPSA) is 112 Å². The van der Waals surface area contributed by atoms with E-state index in [0.717, 1.165) is 33.3 Å². The zero-order valence-electron chi connectivity index (χ0n) is 16.8. The molecule has 0 saturated heterocycles. The minimum absolute atomic E-state index is 0.0531. The van der Waals surface area contributed by atoms with Gasteiger partial charge >= 0.3 is 0 Å². The van der Waals surface area contributed by atoms with Crippen molar-refractivity contribution in [3.63, 3.8) is 0 Å². The third-order valence-electron chi connectivity index (χ3n) is 4.17. The molecule has 1 amide bonds. The lowest BCUT2D eigenvalue weighted by molar-refractivity contribution is -0.113. The highest BCUT2D eigenvalue weighted by molar-refractivity contribution is 7.99. The fourth-order valence-electron chi connectivity index (χ4n) is 2.74. The molecule has 1 heterocycles. The van der Waals surface area contributed by atoms with Crippen molar-refractivity contribution in [1.82, 2.24) is 14.9 Å². The number of carbonyl (C=O) groups is 1. The van der Waals surface area contributed by atoms with Crippen molar-refractivity contribution in [1.29, 1.82) is 0 Å². The second-order valence-corrected chi connectivity index (χ2v) is 7.51. The first-order valence-corrected chi connectivity index (χ1v) is 10.4. The number of nitrogens with one attached hydrogen (secondary N) is 1. The number of thioether (sulfide) groups is 1. The van der Waals surface area contributed by atoms with Gasteiger partial charge in [-0.1, -0.05) is 36.0 Å². The van der Waals surface area contributed by atoms with E-state index in [0.29, 0.717) is 18.7 Å². The molecule has 0 unspecified atom stereocenters. The molecule has 0 radical (unpaired) electrons. The Morgan fingerprint density at radius 3 is 2.67 bits per heavy atom. The Kier molecular flexibility index (Phi) is 7.08. The van der Waals surface area contributed by atoms with E-state index in [9.17, 15) is 9.59 Å². The summed E-state index contributed by atoms with van der Waals surface area (Å²) in [5, 5.41) is 11.0. The van der Waals surface area contributed by atoms with Crippen LogP contribution in [0, 0.1) is 6.92 Å². The third-order valence-corrected chi connectivity index (χ3v) is 5.11. The number of nitrogen functional groups attached to an aromatic ring is 1. The Morgan fingerprint density at radius 1 is 1.20 bits per heavy atom. The number of ether oxygens (including phenoxy) is 1. The van der Waals surface area contributed by atoms with Gasteiger partial charge < -0.3 is 15.9 Å². The van der Waals surface area contributed by atoms with E-state index in [1.807, 2.05) is 62.4 Å². The molecule has 3 rings (SSSR count). The van der Waals surface area contributed by atoms with E-state index in [2.05, 4.69) is 15.5 Å². The van der Waals surface area contributed by atoms with Gasteiger partial charge in [0.05, 0.1) is 12.4 Å². The maximum absolute atomic E-state index is 12.5. The molecule has 0 atom stereocenters. The number of rotatable bonds is 8. The van der Waals surface area contributed by atoms with Crippen LogP contribution in [0.1, 0.15) is 23.7 Å². The van der Waals surface area contributed by atoms with E-state index in [-0.39, 0.29) is 22.5 Å². The molecule has 3 aromatic rings. The molecular weight excluding hydrogens is 402 g/mol. The van der Waals surface area contributed by atoms with E-state index in [4.69, 9.17) is 10.6 Å². The number of hydrogen-bond donors (Lipinski definition) is 2. The predicted octanol–water partition coefficient (Wildman–Crippen LogP) is 2.38. The first kappa shape index (κ1) is 21.4. The van der Waals surface area contributed by atoms with Crippen molar-refractivity contribution in [3.8, 4) is 5.75 Å². The number of amides is 1. The van der Waals surface area contributed by atoms with Crippen molar-refractivity contribution >= 4 is 23.4 Å². The van der Waals surface area contributed by atoms with Crippen LogP contribution in [-0.2, 0) is 11.2 Å². The van der Waals surface area contributed by atoms with Gasteiger partial charge in [-0.25, -0.2) is 0 Å². The second kappa shape index (κ2) is 9.93. The molecule has 0 spiro atoms. The molecule has 0 saturated carbocycles. The summed E-state index contributed by atoms with van der Waals surface area (Å²) in [6, 6.07) is 14.9. The Morgan fingerprint density at radius 2 is 1.97 bits per heavy atom. The maximum atomic E-state index is 12.5. The predicted molar refractivity (Wildman–Crippen MR) is 117 cm³/mol. The highest BCUT2D eigenvalue weighted by atomic mass is 32.2. The number of anilines is 1.